The Hall–Kier alpha value is -2.63. The molecule has 1 N–H and O–H groups in total. The first-order chi connectivity index (χ1) is 9.43. The smallest absolute Gasteiger partial charge is 0.290 e. The number of aliphatic hydroxyl groups excluding tert-OH is 1. The molecule has 0 radical (unpaired) electrons. The predicted octanol–water partition coefficient (Wildman–Crippen LogP) is -0.279. The van der Waals surface area contributed by atoms with Crippen molar-refractivity contribution in [3.8, 4) is 0 Å². The monoisotopic (exact) mass is 274 g/mol. The molecule has 0 aromatic heterocycles. The lowest BCUT2D eigenvalue weighted by Crippen LogP contribution is -2.41. The van der Waals surface area contributed by atoms with E-state index in [-0.39, 0.29) is 5.57 Å². The molecule has 2 rings (SSSR count). The van der Waals surface area contributed by atoms with Crippen molar-refractivity contribution in [3.63, 3.8) is 0 Å². The highest BCUT2D eigenvalue weighted by Crippen LogP contribution is 2.37. The van der Waals surface area contributed by atoms with E-state index in [0.717, 1.165) is 4.90 Å². The van der Waals surface area contributed by atoms with Crippen LogP contribution in [0.1, 0.15) is 18.5 Å². The fourth-order valence-electron chi connectivity index (χ4n) is 2.30. The summed E-state index contributed by atoms with van der Waals surface area (Å²) in [5.41, 5.74) is 0.457. The molecule has 0 unspecified atom stereocenters. The molecule has 1 amide bonds. The molecule has 0 saturated carbocycles. The van der Waals surface area contributed by atoms with Gasteiger partial charge < -0.3 is 19.9 Å². The Morgan fingerprint density at radius 1 is 1.30 bits per heavy atom. The van der Waals surface area contributed by atoms with Crippen LogP contribution in [-0.4, -0.2) is 34.2 Å². The summed E-state index contributed by atoms with van der Waals surface area (Å²) in [4.78, 5) is 35.3. The van der Waals surface area contributed by atoms with Crippen LogP contribution in [0.5, 0.6) is 0 Å². The van der Waals surface area contributed by atoms with Crippen LogP contribution in [-0.2, 0) is 14.4 Å². The normalized spacial score (nSPS) is 18.6. The second kappa shape index (κ2) is 5.16. The SMILES string of the molecule is CC(=O)C1=C(O)C(=O)N(CC(=O)[O-])[C@@H]1c1ccccc1. The Balaban J connectivity index is 2.53. The zero-order chi connectivity index (χ0) is 14.9. The van der Waals surface area contributed by atoms with Crippen molar-refractivity contribution >= 4 is 17.7 Å². The molecule has 104 valence electrons. The van der Waals surface area contributed by atoms with Crippen molar-refractivity contribution < 1.29 is 24.6 Å². The lowest BCUT2D eigenvalue weighted by Gasteiger charge is -2.26. The Morgan fingerprint density at radius 2 is 1.90 bits per heavy atom. The number of benzene rings is 1. The minimum absolute atomic E-state index is 0.0950. The number of hydrogen-bond donors (Lipinski definition) is 1. The predicted molar refractivity (Wildman–Crippen MR) is 66.2 cm³/mol. The molecule has 6 nitrogen and oxygen atoms in total. The van der Waals surface area contributed by atoms with Crippen LogP contribution in [0.25, 0.3) is 0 Å². The average molecular weight is 274 g/mol. The van der Waals surface area contributed by atoms with Crippen molar-refractivity contribution in [1.82, 2.24) is 4.90 Å². The Kier molecular flexibility index (Phi) is 3.56. The molecule has 0 bridgehead atoms. The van der Waals surface area contributed by atoms with Crippen LogP contribution in [0.3, 0.4) is 0 Å². The molecule has 1 aromatic rings. The van der Waals surface area contributed by atoms with Gasteiger partial charge in [0.25, 0.3) is 5.91 Å². The number of aliphatic hydroxyl groups is 1. The van der Waals surface area contributed by atoms with Crippen LogP contribution in [0.2, 0.25) is 0 Å². The number of hydrogen-bond acceptors (Lipinski definition) is 5. The van der Waals surface area contributed by atoms with Crippen molar-refractivity contribution in [2.75, 3.05) is 6.54 Å². The number of aliphatic carboxylic acids is 1. The first-order valence-electron chi connectivity index (χ1n) is 5.93. The van der Waals surface area contributed by atoms with E-state index < -0.39 is 36.0 Å². The van der Waals surface area contributed by atoms with Gasteiger partial charge in [-0.15, -0.1) is 0 Å². The number of nitrogens with zero attached hydrogens (tertiary/aromatic N) is 1. The number of carboxylic acid groups (broad SMARTS) is 1. The summed E-state index contributed by atoms with van der Waals surface area (Å²) in [5, 5.41) is 20.6. The standard InChI is InChI=1S/C14H13NO5/c1-8(16)11-12(9-5-3-2-4-6-9)15(7-10(17)18)14(20)13(11)19/h2-6,12,19H,7H2,1H3,(H,17,18)/p-1/t12-/m1/s1. The second-order valence-corrected chi connectivity index (χ2v) is 4.44. The van der Waals surface area contributed by atoms with Gasteiger partial charge in [0.1, 0.15) is 0 Å². The maximum atomic E-state index is 11.9. The minimum atomic E-state index is -1.46. The molecule has 6 heteroatoms. The number of carbonyl (C=O) groups is 3. The van der Waals surface area contributed by atoms with Crippen molar-refractivity contribution in [1.29, 1.82) is 0 Å². The van der Waals surface area contributed by atoms with Crippen LogP contribution in [0.4, 0.5) is 0 Å². The lowest BCUT2D eigenvalue weighted by atomic mass is 9.97. The maximum Gasteiger partial charge on any atom is 0.290 e. The highest BCUT2D eigenvalue weighted by Gasteiger charge is 2.42. The second-order valence-electron chi connectivity index (χ2n) is 4.44. The summed E-state index contributed by atoms with van der Waals surface area (Å²) < 4.78 is 0. The molecule has 1 atom stereocenters. The zero-order valence-electron chi connectivity index (χ0n) is 10.7. The van der Waals surface area contributed by atoms with E-state index in [9.17, 15) is 24.6 Å². The Bertz CT molecular complexity index is 605. The number of Topliss-reactive ketones (excluding diaryl/α,β-unsaturated/α-hetero) is 1. The summed E-state index contributed by atoms with van der Waals surface area (Å²) in [5.74, 6) is -3.52. The molecule has 0 fully saturated rings. The van der Waals surface area contributed by atoms with Crippen molar-refractivity contribution in [2.45, 2.75) is 13.0 Å². The van der Waals surface area contributed by atoms with E-state index in [1.165, 1.54) is 6.92 Å². The van der Waals surface area contributed by atoms with Gasteiger partial charge in [-0.2, -0.15) is 0 Å². The molecule has 20 heavy (non-hydrogen) atoms. The summed E-state index contributed by atoms with van der Waals surface area (Å²) >= 11 is 0. The van der Waals surface area contributed by atoms with Gasteiger partial charge in [-0.1, -0.05) is 30.3 Å². The molecular formula is C14H12NO5-. The van der Waals surface area contributed by atoms with Crippen LogP contribution < -0.4 is 5.11 Å². The van der Waals surface area contributed by atoms with Gasteiger partial charge in [0.05, 0.1) is 24.1 Å². The summed E-state index contributed by atoms with van der Waals surface area (Å²) in [6, 6.07) is 7.55. The van der Waals surface area contributed by atoms with Gasteiger partial charge in [0.15, 0.2) is 11.5 Å². The number of rotatable bonds is 4. The van der Waals surface area contributed by atoms with Crippen LogP contribution >= 0.6 is 0 Å². The fourth-order valence-corrected chi connectivity index (χ4v) is 2.30. The average Bonchev–Trinajstić information content (AvgIpc) is 2.64. The Labute approximate surface area is 114 Å². The third-order valence-electron chi connectivity index (χ3n) is 3.10. The van der Waals surface area contributed by atoms with Gasteiger partial charge in [0, 0.05) is 0 Å². The minimum Gasteiger partial charge on any atom is -0.548 e. The summed E-state index contributed by atoms with van der Waals surface area (Å²) in [7, 11) is 0. The van der Waals surface area contributed by atoms with Gasteiger partial charge in [0.2, 0.25) is 0 Å². The molecule has 0 saturated heterocycles. The first kappa shape index (κ1) is 13.8. The molecule has 1 aliphatic rings. The van der Waals surface area contributed by atoms with E-state index >= 15 is 0 Å². The van der Waals surface area contributed by atoms with Gasteiger partial charge in [-0.25, -0.2) is 0 Å². The number of ketones is 1. The number of amides is 1. The van der Waals surface area contributed by atoms with Gasteiger partial charge in [-0.05, 0) is 12.5 Å². The van der Waals surface area contributed by atoms with Crippen LogP contribution in [0, 0.1) is 0 Å². The molecule has 0 spiro atoms. The molecular weight excluding hydrogens is 262 g/mol. The quantitative estimate of drug-likeness (QED) is 0.814. The third kappa shape index (κ3) is 2.27. The van der Waals surface area contributed by atoms with Gasteiger partial charge >= 0.3 is 0 Å². The molecule has 1 aromatic carbocycles. The fraction of sp³-hybridized carbons (Fsp3) is 0.214. The van der Waals surface area contributed by atoms with Crippen molar-refractivity contribution in [3.05, 3.63) is 47.2 Å². The highest BCUT2D eigenvalue weighted by molar-refractivity contribution is 6.08. The molecule has 1 heterocycles. The van der Waals surface area contributed by atoms with E-state index in [1.54, 1.807) is 30.3 Å². The topological polar surface area (TPSA) is 97.7 Å². The van der Waals surface area contributed by atoms with Crippen molar-refractivity contribution in [2.24, 2.45) is 0 Å². The number of carbonyl (C=O) groups excluding carboxylic acids is 3. The maximum absolute atomic E-state index is 11.9. The summed E-state index contributed by atoms with van der Waals surface area (Å²) in [6.07, 6.45) is 0. The highest BCUT2D eigenvalue weighted by atomic mass is 16.4. The molecule has 0 aliphatic carbocycles. The van der Waals surface area contributed by atoms with E-state index in [2.05, 4.69) is 0 Å². The zero-order valence-corrected chi connectivity index (χ0v) is 10.7. The van der Waals surface area contributed by atoms with E-state index in [0.29, 0.717) is 5.56 Å². The van der Waals surface area contributed by atoms with E-state index in [1.807, 2.05) is 0 Å². The van der Waals surface area contributed by atoms with Crippen LogP contribution in [0.15, 0.2) is 41.7 Å². The largest absolute Gasteiger partial charge is 0.548 e. The number of carboxylic acids is 1. The summed E-state index contributed by atoms with van der Waals surface area (Å²) in [6.45, 7) is 0.524. The van der Waals surface area contributed by atoms with Gasteiger partial charge in [-0.3, -0.25) is 9.59 Å². The Morgan fingerprint density at radius 3 is 2.40 bits per heavy atom. The van der Waals surface area contributed by atoms with E-state index in [4.69, 9.17) is 0 Å². The lowest BCUT2D eigenvalue weighted by molar-refractivity contribution is -0.306. The third-order valence-corrected chi connectivity index (χ3v) is 3.10. The first-order valence-corrected chi connectivity index (χ1v) is 5.93. The molecule has 1 aliphatic heterocycles.